The van der Waals surface area contributed by atoms with E-state index in [1.54, 1.807) is 16.7 Å². The molecule has 0 N–H and O–H groups in total. The van der Waals surface area contributed by atoms with Gasteiger partial charge in [-0.25, -0.2) is 4.98 Å². The number of imidazole rings is 1. The fourth-order valence-corrected chi connectivity index (χ4v) is 6.70. The van der Waals surface area contributed by atoms with Crippen molar-refractivity contribution in [1.29, 1.82) is 0 Å². The zero-order valence-corrected chi connectivity index (χ0v) is 24.9. The van der Waals surface area contributed by atoms with Crippen molar-refractivity contribution >= 4 is 32.6 Å². The summed E-state index contributed by atoms with van der Waals surface area (Å²) in [5.41, 5.74) is 5.65. The molecular weight excluding hydrogens is 569 g/mol. The smallest absolute Gasteiger partial charge is 0.146 e. The van der Waals surface area contributed by atoms with Gasteiger partial charge in [0, 0.05) is 11.3 Å². The highest BCUT2D eigenvalue weighted by molar-refractivity contribution is 6.23. The summed E-state index contributed by atoms with van der Waals surface area (Å²) in [5.74, 6) is 0.397. The third-order valence-corrected chi connectivity index (χ3v) is 8.61. The minimum absolute atomic E-state index is 0.00572. The Hall–Kier alpha value is -6.25. The number of fused-ring (bicyclic) bond motifs is 3. The Kier molecular flexibility index (Phi) is 4.48. The topological polar surface area (TPSA) is 17.8 Å². The highest BCUT2D eigenvalue weighted by Crippen LogP contribution is 2.48. The van der Waals surface area contributed by atoms with Gasteiger partial charge in [0.1, 0.15) is 5.82 Å². The average Bonchev–Trinajstić information content (AvgIpc) is 3.62. The molecule has 2 heteroatoms. The molecule has 1 aromatic heterocycles. The van der Waals surface area contributed by atoms with E-state index in [0.717, 1.165) is 38.2 Å². The van der Waals surface area contributed by atoms with Crippen LogP contribution in [0.3, 0.4) is 0 Å². The molecule has 0 bridgehead atoms. The van der Waals surface area contributed by atoms with E-state index in [9.17, 15) is 0 Å². The van der Waals surface area contributed by atoms with Gasteiger partial charge in [0.2, 0.25) is 0 Å². The van der Waals surface area contributed by atoms with Gasteiger partial charge in [-0.3, -0.25) is 4.57 Å². The molecule has 2 nitrogen and oxygen atoms in total. The second-order valence-electron chi connectivity index (χ2n) is 11.2. The van der Waals surface area contributed by atoms with Crippen molar-refractivity contribution in [3.05, 3.63) is 182 Å². The Balaban J connectivity index is 1.38. The van der Waals surface area contributed by atoms with Crippen molar-refractivity contribution in [2.75, 3.05) is 0 Å². The summed E-state index contributed by atoms with van der Waals surface area (Å²) < 4.78 is 87.6. The molecule has 1 heterocycles. The molecule has 0 unspecified atom stereocenters. The van der Waals surface area contributed by atoms with Crippen LogP contribution in [0.15, 0.2) is 182 Å². The van der Waals surface area contributed by atoms with Gasteiger partial charge in [0.15, 0.2) is 0 Å². The first-order valence-electron chi connectivity index (χ1n) is 20.3. The maximum Gasteiger partial charge on any atom is 0.146 e. The Morgan fingerprint density at radius 3 is 1.47 bits per heavy atom. The van der Waals surface area contributed by atoms with E-state index in [2.05, 4.69) is 0 Å². The van der Waals surface area contributed by atoms with Gasteiger partial charge in [-0.05, 0) is 79.1 Å². The van der Waals surface area contributed by atoms with Crippen molar-refractivity contribution in [3.8, 4) is 50.5 Å². The van der Waals surface area contributed by atoms with Crippen LogP contribution in [0.25, 0.3) is 83.0 Å². The molecular formula is C45H30N2. The number of hydrogen-bond donors (Lipinski definition) is 0. The molecule has 0 aliphatic heterocycles. The monoisotopic (exact) mass is 608 g/mol. The second kappa shape index (κ2) is 11.3. The van der Waals surface area contributed by atoms with Crippen LogP contribution < -0.4 is 0 Å². The van der Waals surface area contributed by atoms with E-state index >= 15 is 0 Å². The van der Waals surface area contributed by atoms with Crippen LogP contribution >= 0.6 is 0 Å². The fraction of sp³-hybridized carbons (Fsp3) is 0. The molecule has 0 aliphatic carbocycles. The molecule has 47 heavy (non-hydrogen) atoms. The Morgan fingerprint density at radius 1 is 0.426 bits per heavy atom. The number of para-hydroxylation sites is 3. The Bertz CT molecular complexity index is 3040. The largest absolute Gasteiger partial charge is 0.292 e. The first kappa shape index (κ1) is 18.7. The first-order chi connectivity index (χ1) is 27.5. The Morgan fingerprint density at radius 2 is 0.872 bits per heavy atom. The lowest BCUT2D eigenvalue weighted by Gasteiger charge is -2.21. The van der Waals surface area contributed by atoms with Crippen molar-refractivity contribution in [1.82, 2.24) is 9.55 Å². The molecule has 0 aliphatic rings. The summed E-state index contributed by atoms with van der Waals surface area (Å²) in [7, 11) is 0. The lowest BCUT2D eigenvalue weighted by atomic mass is 9.83. The van der Waals surface area contributed by atoms with Gasteiger partial charge in [-0.2, -0.15) is 0 Å². The molecule has 0 atom stereocenters. The van der Waals surface area contributed by atoms with Crippen molar-refractivity contribution in [2.24, 2.45) is 0 Å². The van der Waals surface area contributed by atoms with Crippen molar-refractivity contribution in [2.45, 2.75) is 0 Å². The van der Waals surface area contributed by atoms with Crippen LogP contribution in [0.1, 0.15) is 13.7 Å². The quantitative estimate of drug-likeness (QED) is 0.178. The van der Waals surface area contributed by atoms with Crippen LogP contribution in [-0.4, -0.2) is 9.55 Å². The molecule has 0 fully saturated rings. The minimum Gasteiger partial charge on any atom is -0.292 e. The van der Waals surface area contributed by atoms with Gasteiger partial charge in [-0.15, -0.1) is 0 Å². The summed E-state index contributed by atoms with van der Waals surface area (Å²) in [4.78, 5) is 5.06. The molecule has 0 radical (unpaired) electrons. The summed E-state index contributed by atoms with van der Waals surface area (Å²) in [6.45, 7) is 0. The van der Waals surface area contributed by atoms with E-state index in [4.69, 9.17) is 18.7 Å². The normalized spacial score (nSPS) is 14.4. The lowest BCUT2D eigenvalue weighted by Crippen LogP contribution is -1.99. The van der Waals surface area contributed by atoms with Crippen LogP contribution in [0.4, 0.5) is 0 Å². The number of nitrogens with zero attached hydrogens (tertiary/aromatic N) is 2. The standard InChI is InChI=1S/C45H30N2/c1-3-17-31(18-4-1)33-21-7-8-22-34(33)43-35-23-9-11-25-37(35)44(38-26-12-10-24-36(38)43)39-27-13-14-28-40(39)45-46-41-29-15-16-30-42(41)47(45)32-19-5-2-6-20-32/h1-30H/i1D,2D,3D,4D,5D,6D,17D,18D,19D,20D. The number of aromatic nitrogens is 2. The maximum absolute atomic E-state index is 8.95. The van der Waals surface area contributed by atoms with Crippen LogP contribution in [0, 0.1) is 0 Å². The highest BCUT2D eigenvalue weighted by Gasteiger charge is 2.22. The van der Waals surface area contributed by atoms with Crippen LogP contribution in [0.5, 0.6) is 0 Å². The van der Waals surface area contributed by atoms with E-state index < -0.39 is 36.3 Å². The second-order valence-corrected chi connectivity index (χ2v) is 11.2. The van der Waals surface area contributed by atoms with E-state index in [-0.39, 0.29) is 35.4 Å². The van der Waals surface area contributed by atoms with E-state index in [1.165, 1.54) is 0 Å². The van der Waals surface area contributed by atoms with Gasteiger partial charge in [0.05, 0.1) is 24.7 Å². The van der Waals surface area contributed by atoms with Crippen LogP contribution in [0.2, 0.25) is 0 Å². The van der Waals surface area contributed by atoms with Crippen LogP contribution in [-0.2, 0) is 0 Å². The molecule has 0 saturated carbocycles. The molecule has 9 rings (SSSR count). The summed E-state index contributed by atoms with van der Waals surface area (Å²) in [5, 5.41) is 3.47. The van der Waals surface area contributed by atoms with Gasteiger partial charge in [-0.1, -0.05) is 158 Å². The predicted octanol–water partition coefficient (Wildman–Crippen LogP) is 12.0. The minimum atomic E-state index is -0.480. The predicted molar refractivity (Wildman–Crippen MR) is 198 cm³/mol. The highest BCUT2D eigenvalue weighted by atomic mass is 15.1. The SMILES string of the molecule is [2H]c1c([2H])c([2H])c(-c2ccccc2-c2c3ccccc3c(-c3ccccc3-c3nc4ccccc4n3-c3c([2H])c([2H])c([2H])c([2H])c3[2H])c3ccccc23)c([2H])c1[2H]. The third kappa shape index (κ3) is 4.46. The number of benzene rings is 8. The van der Waals surface area contributed by atoms with Crippen molar-refractivity contribution in [3.63, 3.8) is 0 Å². The summed E-state index contributed by atoms with van der Waals surface area (Å²) in [6.07, 6.45) is 0. The molecule has 8 aromatic carbocycles. The maximum atomic E-state index is 8.95. The van der Waals surface area contributed by atoms with E-state index in [1.807, 2.05) is 109 Å². The fourth-order valence-electron chi connectivity index (χ4n) is 6.70. The zero-order chi connectivity index (χ0) is 39.9. The summed E-state index contributed by atoms with van der Waals surface area (Å²) in [6, 6.07) is 34.5. The number of rotatable bonds is 5. The first-order valence-corrected chi connectivity index (χ1v) is 15.3. The van der Waals surface area contributed by atoms with E-state index in [0.29, 0.717) is 33.5 Å². The molecule has 9 aromatic rings. The van der Waals surface area contributed by atoms with Crippen molar-refractivity contribution < 1.29 is 13.7 Å². The van der Waals surface area contributed by atoms with Gasteiger partial charge < -0.3 is 0 Å². The molecule has 0 amide bonds. The molecule has 0 spiro atoms. The van der Waals surface area contributed by atoms with Gasteiger partial charge in [0.25, 0.3) is 0 Å². The molecule has 220 valence electrons. The average molecular weight is 609 g/mol. The Labute approximate surface area is 287 Å². The summed E-state index contributed by atoms with van der Waals surface area (Å²) >= 11 is 0. The molecule has 0 saturated heterocycles. The zero-order valence-electron chi connectivity index (χ0n) is 34.9. The lowest BCUT2D eigenvalue weighted by molar-refractivity contribution is 1.10. The number of hydrogen-bond acceptors (Lipinski definition) is 1. The third-order valence-electron chi connectivity index (χ3n) is 8.61. The van der Waals surface area contributed by atoms with Gasteiger partial charge >= 0.3 is 0 Å².